The summed E-state index contributed by atoms with van der Waals surface area (Å²) in [6.45, 7) is 6.69. The van der Waals surface area contributed by atoms with Crippen LogP contribution >= 0.6 is 63.7 Å². The Hall–Kier alpha value is -0.440. The van der Waals surface area contributed by atoms with Gasteiger partial charge in [-0.3, -0.25) is 0 Å². The van der Waals surface area contributed by atoms with E-state index in [-0.39, 0.29) is 0 Å². The molecule has 0 unspecified atom stereocenters. The van der Waals surface area contributed by atoms with Crippen molar-refractivity contribution in [1.29, 1.82) is 0 Å². The highest BCUT2D eigenvalue weighted by Gasteiger charge is 2.39. The van der Waals surface area contributed by atoms with Crippen LogP contribution < -0.4 is 0 Å². The lowest BCUT2D eigenvalue weighted by Crippen LogP contribution is -2.25. The fraction of sp³-hybridized carbons (Fsp3) is 0.143. The monoisotopic (exact) mass is 558 g/mol. The van der Waals surface area contributed by atoms with Crippen LogP contribution in [0.15, 0.2) is 49.6 Å². The molecule has 0 saturated heterocycles. The molecule has 0 heterocycles. The molecule has 1 aromatic rings. The third-order valence-corrected chi connectivity index (χ3v) is 4.70. The Balaban J connectivity index is 3.29. The van der Waals surface area contributed by atoms with Gasteiger partial charge in [-0.1, -0.05) is 37.4 Å². The highest BCUT2D eigenvalue weighted by Crippen LogP contribution is 2.48. The predicted octanol–water partition coefficient (Wildman–Crippen LogP) is 4.95. The second-order valence-electron chi connectivity index (χ2n) is 3.83. The molecular weight excluding hydrogens is 552 g/mol. The molecule has 8 heteroatoms. The Labute approximate surface area is 161 Å². The average Bonchev–Trinajstić information content (AvgIpc) is 2.46. The number of carbonyl (C=O) groups excluding carboxylic acids is 2. The van der Waals surface area contributed by atoms with Crippen LogP contribution in [0.2, 0.25) is 0 Å². The van der Waals surface area contributed by atoms with Gasteiger partial charge in [0, 0.05) is 23.3 Å². The summed E-state index contributed by atoms with van der Waals surface area (Å²) < 4.78 is 7.78. The molecule has 118 valence electrons. The maximum Gasteiger partial charge on any atom is 0.332 e. The van der Waals surface area contributed by atoms with Crippen molar-refractivity contribution in [3.8, 4) is 0 Å². The van der Waals surface area contributed by atoms with Crippen LogP contribution in [-0.4, -0.2) is 11.9 Å². The molecule has 0 bridgehead atoms. The van der Waals surface area contributed by atoms with Crippen LogP contribution in [0, 0.1) is 0 Å². The van der Waals surface area contributed by atoms with E-state index in [2.05, 4.69) is 76.9 Å². The normalized spacial score (nSPS) is 11.5. The molecule has 0 aliphatic rings. The number of hydrogen-bond donors (Lipinski definition) is 0. The fourth-order valence-electron chi connectivity index (χ4n) is 1.44. The Kier molecular flexibility index (Phi) is 7.04. The third-order valence-electron chi connectivity index (χ3n) is 2.35. The van der Waals surface area contributed by atoms with E-state index < -0.39 is 18.8 Å². The van der Waals surface area contributed by atoms with Crippen molar-refractivity contribution in [1.82, 2.24) is 0 Å². The molecule has 0 aliphatic carbocycles. The van der Waals surface area contributed by atoms with Gasteiger partial charge in [-0.25, -0.2) is 9.59 Å². The number of halogens is 4. The first kappa shape index (κ1) is 19.6. The summed E-state index contributed by atoms with van der Waals surface area (Å²) in [7, 11) is 0. The molecule has 0 spiro atoms. The molecule has 1 aromatic carbocycles. The molecule has 1 rings (SSSR count). The lowest BCUT2D eigenvalue weighted by molar-refractivity contribution is -0.142. The van der Waals surface area contributed by atoms with Gasteiger partial charge < -0.3 is 9.47 Å². The summed E-state index contributed by atoms with van der Waals surface area (Å²) in [4.78, 5) is 22.9. The fourth-order valence-corrected chi connectivity index (χ4v) is 3.46. The lowest BCUT2D eigenvalue weighted by Gasteiger charge is -2.28. The van der Waals surface area contributed by atoms with Crippen LogP contribution in [0.25, 0.3) is 0 Å². The van der Waals surface area contributed by atoms with Crippen molar-refractivity contribution >= 4 is 75.7 Å². The van der Waals surface area contributed by atoms with Crippen molar-refractivity contribution in [2.45, 2.75) is 6.84 Å². The topological polar surface area (TPSA) is 52.6 Å². The minimum atomic E-state index is -1.32. The van der Waals surface area contributed by atoms with Gasteiger partial charge in [-0.15, -0.1) is 0 Å². The number of esters is 2. The van der Waals surface area contributed by atoms with Crippen LogP contribution in [0.1, 0.15) is 11.1 Å². The van der Waals surface area contributed by atoms with Gasteiger partial charge in [0.15, 0.2) is 0 Å². The zero-order valence-electron chi connectivity index (χ0n) is 11.0. The Bertz CT molecular complexity index is 558. The van der Waals surface area contributed by atoms with Gasteiger partial charge in [0.2, 0.25) is 6.84 Å². The molecule has 0 aromatic heterocycles. The molecule has 0 radical (unpaired) electrons. The number of hydrogen-bond acceptors (Lipinski definition) is 4. The number of rotatable bonds is 6. The van der Waals surface area contributed by atoms with Crippen molar-refractivity contribution in [2.75, 3.05) is 0 Å². The summed E-state index contributed by atoms with van der Waals surface area (Å²) in [5.74, 6) is -1.28. The molecule has 4 nitrogen and oxygen atoms in total. The summed E-state index contributed by atoms with van der Waals surface area (Å²) in [6.07, 6.45) is 2.07. The second-order valence-corrected chi connectivity index (χ2v) is 10.4. The van der Waals surface area contributed by atoms with Crippen molar-refractivity contribution in [3.63, 3.8) is 0 Å². The maximum absolute atomic E-state index is 11.5. The summed E-state index contributed by atoms with van der Waals surface area (Å²) in [5.41, 5.74) is 0.992. The van der Waals surface area contributed by atoms with Crippen molar-refractivity contribution in [2.24, 2.45) is 0 Å². The molecule has 22 heavy (non-hydrogen) atoms. The summed E-state index contributed by atoms with van der Waals surface area (Å²) in [6, 6.07) is 6.86. The first-order chi connectivity index (χ1) is 10.1. The highest BCUT2D eigenvalue weighted by molar-refractivity contribution is 9.25. The minimum Gasteiger partial charge on any atom is -0.429 e. The van der Waals surface area contributed by atoms with E-state index >= 15 is 0 Å². The zero-order chi connectivity index (χ0) is 17.0. The van der Waals surface area contributed by atoms with E-state index in [1.165, 1.54) is 0 Å². The molecule has 0 amide bonds. The van der Waals surface area contributed by atoms with Crippen LogP contribution in [0.5, 0.6) is 0 Å². The standard InChI is InChI=1S/C14H10Br4O4/c1-3-11(19)21-13(15,16)9-7-5-6-8-10(9)14(17,18)22-12(20)4-2/h3-8H,1-2H2. The minimum absolute atomic E-state index is 0.496. The van der Waals surface area contributed by atoms with Crippen LogP contribution in [0.3, 0.4) is 0 Å². The Morgan fingerprint density at radius 2 is 1.18 bits per heavy atom. The maximum atomic E-state index is 11.5. The van der Waals surface area contributed by atoms with Gasteiger partial charge >= 0.3 is 11.9 Å². The molecule has 0 fully saturated rings. The largest absolute Gasteiger partial charge is 0.429 e. The van der Waals surface area contributed by atoms with Crippen LogP contribution in [-0.2, 0) is 25.9 Å². The van der Waals surface area contributed by atoms with Crippen molar-refractivity contribution < 1.29 is 19.1 Å². The summed E-state index contributed by atoms with van der Waals surface area (Å²) in [5, 5.41) is 0. The van der Waals surface area contributed by atoms with E-state index in [9.17, 15) is 9.59 Å². The number of ether oxygens (including phenoxy) is 2. The van der Waals surface area contributed by atoms with E-state index in [0.29, 0.717) is 11.1 Å². The van der Waals surface area contributed by atoms with E-state index in [1.54, 1.807) is 24.3 Å². The Morgan fingerprint density at radius 1 is 0.864 bits per heavy atom. The van der Waals surface area contributed by atoms with Gasteiger partial charge in [0.25, 0.3) is 0 Å². The Morgan fingerprint density at radius 3 is 1.45 bits per heavy atom. The van der Waals surface area contributed by atoms with E-state index in [1.807, 2.05) is 0 Å². The lowest BCUT2D eigenvalue weighted by atomic mass is 10.1. The zero-order valence-corrected chi connectivity index (χ0v) is 17.4. The second kappa shape index (κ2) is 7.90. The SMILES string of the molecule is C=CC(=O)OC(Br)(Br)c1ccccc1C(Br)(Br)OC(=O)C=C. The van der Waals surface area contributed by atoms with Gasteiger partial charge in [-0.05, 0) is 63.7 Å². The average molecular weight is 562 g/mol. The molecular formula is C14H10Br4O4. The molecule has 0 saturated carbocycles. The molecule has 0 atom stereocenters. The van der Waals surface area contributed by atoms with Gasteiger partial charge in [0.1, 0.15) is 0 Å². The highest BCUT2D eigenvalue weighted by atomic mass is 79.9. The van der Waals surface area contributed by atoms with Gasteiger partial charge in [-0.2, -0.15) is 0 Å². The van der Waals surface area contributed by atoms with Gasteiger partial charge in [0.05, 0.1) is 0 Å². The molecule has 0 N–H and O–H groups in total. The molecule has 0 aliphatic heterocycles. The quantitative estimate of drug-likeness (QED) is 0.280. The smallest absolute Gasteiger partial charge is 0.332 e. The number of alkyl halides is 4. The van der Waals surface area contributed by atoms with E-state index in [4.69, 9.17) is 9.47 Å². The van der Waals surface area contributed by atoms with Crippen molar-refractivity contribution in [3.05, 3.63) is 60.7 Å². The number of carbonyl (C=O) groups is 2. The van der Waals surface area contributed by atoms with Crippen LogP contribution in [0.4, 0.5) is 0 Å². The van der Waals surface area contributed by atoms with E-state index in [0.717, 1.165) is 12.2 Å². The first-order valence-corrected chi connectivity index (χ1v) is 8.87. The third kappa shape index (κ3) is 5.04. The number of benzene rings is 1. The first-order valence-electron chi connectivity index (χ1n) is 5.70. The summed E-state index contributed by atoms with van der Waals surface area (Å²) >= 11 is 13.1. The predicted molar refractivity (Wildman–Crippen MR) is 98.1 cm³/mol.